The Hall–Kier alpha value is -0.900. The highest BCUT2D eigenvalue weighted by Crippen LogP contribution is 2.21. The lowest BCUT2D eigenvalue weighted by molar-refractivity contribution is 0.632. The van der Waals surface area contributed by atoms with Crippen LogP contribution in [0.2, 0.25) is 0 Å². The first-order valence-corrected chi connectivity index (χ1v) is 5.30. The van der Waals surface area contributed by atoms with Gasteiger partial charge in [0, 0.05) is 17.4 Å². The topological polar surface area (TPSA) is 24.4 Å². The summed E-state index contributed by atoms with van der Waals surface area (Å²) in [7, 11) is 0. The van der Waals surface area contributed by atoms with E-state index in [1.165, 1.54) is 6.07 Å². The number of nitrogens with zero attached hydrogens (tertiary/aromatic N) is 1. The van der Waals surface area contributed by atoms with Crippen LogP contribution in [0, 0.1) is 5.82 Å². The van der Waals surface area contributed by atoms with Crippen molar-refractivity contribution in [1.82, 2.24) is 0 Å². The molecule has 0 aromatic heterocycles. The number of hydrogen-bond acceptors (Lipinski definition) is 2. The third-order valence-electron chi connectivity index (χ3n) is 2.08. The average Bonchev–Trinajstić information content (AvgIpc) is 2.64. The Morgan fingerprint density at radius 2 is 2.29 bits per heavy atom. The third-order valence-corrected chi connectivity index (χ3v) is 2.57. The lowest BCUT2D eigenvalue weighted by atomic mass is 10.3. The van der Waals surface area contributed by atoms with Gasteiger partial charge in [0.15, 0.2) is 0 Å². The Morgan fingerprint density at radius 3 is 3.00 bits per heavy atom. The number of benzene rings is 1. The van der Waals surface area contributed by atoms with E-state index in [1.54, 1.807) is 12.1 Å². The van der Waals surface area contributed by atoms with Gasteiger partial charge in [-0.05, 0) is 24.6 Å². The first-order valence-electron chi connectivity index (χ1n) is 4.51. The molecule has 2 nitrogen and oxygen atoms in total. The molecular formula is C10H10BrFN2. The van der Waals surface area contributed by atoms with Crippen LogP contribution in [0.15, 0.2) is 27.7 Å². The largest absolute Gasteiger partial charge is 0.342 e. The summed E-state index contributed by atoms with van der Waals surface area (Å²) in [5.41, 5.74) is 0.486. The molecule has 1 aliphatic rings. The number of halogens is 2. The second kappa shape index (κ2) is 4.09. The van der Waals surface area contributed by atoms with Crippen molar-refractivity contribution in [2.45, 2.75) is 12.8 Å². The van der Waals surface area contributed by atoms with Gasteiger partial charge in [-0.25, -0.2) is 4.39 Å². The molecule has 14 heavy (non-hydrogen) atoms. The molecule has 0 spiro atoms. The number of anilines is 1. The van der Waals surface area contributed by atoms with Crippen LogP contribution in [0.1, 0.15) is 12.8 Å². The molecule has 1 aliphatic heterocycles. The van der Waals surface area contributed by atoms with E-state index in [4.69, 9.17) is 0 Å². The maximum Gasteiger partial charge on any atom is 0.146 e. The van der Waals surface area contributed by atoms with Gasteiger partial charge in [0.25, 0.3) is 0 Å². The molecule has 1 N–H and O–H groups in total. The summed E-state index contributed by atoms with van der Waals surface area (Å²) in [5, 5.41) is 2.99. The minimum absolute atomic E-state index is 0.247. The first-order chi connectivity index (χ1) is 6.75. The van der Waals surface area contributed by atoms with Crippen molar-refractivity contribution in [3.8, 4) is 0 Å². The Bertz CT molecular complexity index is 376. The fraction of sp³-hybridized carbons (Fsp3) is 0.300. The molecule has 4 heteroatoms. The average molecular weight is 257 g/mol. The zero-order chi connectivity index (χ0) is 9.97. The van der Waals surface area contributed by atoms with Crippen LogP contribution in [0.3, 0.4) is 0 Å². The highest BCUT2D eigenvalue weighted by atomic mass is 79.9. The summed E-state index contributed by atoms with van der Waals surface area (Å²) in [6, 6.07) is 4.83. The number of rotatable bonds is 1. The molecule has 2 rings (SSSR count). The molecule has 74 valence electrons. The monoisotopic (exact) mass is 256 g/mol. The van der Waals surface area contributed by atoms with Gasteiger partial charge in [0.1, 0.15) is 11.7 Å². The summed E-state index contributed by atoms with van der Waals surface area (Å²) < 4.78 is 14.1. The standard InChI is InChI=1S/C10H10BrFN2/c11-7-3-4-8(12)9(6-7)14-10-2-1-5-13-10/h3-4,6H,1-2,5H2,(H,13,14). The lowest BCUT2D eigenvalue weighted by Crippen LogP contribution is -2.09. The summed E-state index contributed by atoms with van der Waals surface area (Å²) >= 11 is 3.30. The van der Waals surface area contributed by atoms with E-state index in [0.717, 1.165) is 29.7 Å². The summed E-state index contributed by atoms with van der Waals surface area (Å²) in [5.74, 6) is 0.629. The van der Waals surface area contributed by atoms with Crippen LogP contribution in [-0.4, -0.2) is 12.4 Å². The smallest absolute Gasteiger partial charge is 0.146 e. The Balaban J connectivity index is 2.19. The molecule has 0 saturated heterocycles. The van der Waals surface area contributed by atoms with Crippen molar-refractivity contribution in [3.05, 3.63) is 28.5 Å². The number of hydrogen-bond donors (Lipinski definition) is 1. The lowest BCUT2D eigenvalue weighted by Gasteiger charge is -2.06. The Kier molecular flexibility index (Phi) is 2.82. The van der Waals surface area contributed by atoms with Gasteiger partial charge >= 0.3 is 0 Å². The van der Waals surface area contributed by atoms with Gasteiger partial charge in [-0.3, -0.25) is 4.99 Å². The zero-order valence-electron chi connectivity index (χ0n) is 7.56. The second-order valence-corrected chi connectivity index (χ2v) is 4.10. The van der Waals surface area contributed by atoms with Crippen LogP contribution in [0.25, 0.3) is 0 Å². The van der Waals surface area contributed by atoms with E-state index in [0.29, 0.717) is 5.69 Å². The molecule has 0 amide bonds. The van der Waals surface area contributed by atoms with Crippen LogP contribution >= 0.6 is 15.9 Å². The number of aliphatic imine (C=N–C) groups is 1. The minimum Gasteiger partial charge on any atom is -0.342 e. The predicted molar refractivity (Wildman–Crippen MR) is 59.3 cm³/mol. The number of amidine groups is 1. The van der Waals surface area contributed by atoms with E-state index >= 15 is 0 Å². The second-order valence-electron chi connectivity index (χ2n) is 3.18. The van der Waals surface area contributed by atoms with E-state index in [9.17, 15) is 4.39 Å². The fourth-order valence-electron chi connectivity index (χ4n) is 1.39. The van der Waals surface area contributed by atoms with Crippen LogP contribution in [0.5, 0.6) is 0 Å². The van der Waals surface area contributed by atoms with Crippen molar-refractivity contribution in [2.75, 3.05) is 11.9 Å². The molecule has 0 saturated carbocycles. The van der Waals surface area contributed by atoms with Gasteiger partial charge in [0.05, 0.1) is 5.69 Å². The van der Waals surface area contributed by atoms with E-state index in [-0.39, 0.29) is 5.82 Å². The quantitative estimate of drug-likeness (QED) is 0.820. The van der Waals surface area contributed by atoms with Gasteiger partial charge in [-0.2, -0.15) is 0 Å². The van der Waals surface area contributed by atoms with Crippen molar-refractivity contribution >= 4 is 27.5 Å². The van der Waals surface area contributed by atoms with Crippen LogP contribution < -0.4 is 5.32 Å². The molecular weight excluding hydrogens is 247 g/mol. The fourth-order valence-corrected chi connectivity index (χ4v) is 1.75. The Labute approximate surface area is 90.4 Å². The van der Waals surface area contributed by atoms with E-state index in [1.807, 2.05) is 0 Å². The predicted octanol–water partition coefficient (Wildman–Crippen LogP) is 3.19. The van der Waals surface area contributed by atoms with E-state index < -0.39 is 0 Å². The Morgan fingerprint density at radius 1 is 1.43 bits per heavy atom. The van der Waals surface area contributed by atoms with Crippen LogP contribution in [0.4, 0.5) is 10.1 Å². The molecule has 0 radical (unpaired) electrons. The van der Waals surface area contributed by atoms with Gasteiger partial charge in [0.2, 0.25) is 0 Å². The molecule has 0 aliphatic carbocycles. The van der Waals surface area contributed by atoms with Crippen molar-refractivity contribution in [1.29, 1.82) is 0 Å². The van der Waals surface area contributed by atoms with Gasteiger partial charge in [-0.15, -0.1) is 0 Å². The highest BCUT2D eigenvalue weighted by Gasteiger charge is 2.09. The molecule has 0 fully saturated rings. The zero-order valence-corrected chi connectivity index (χ0v) is 9.14. The third kappa shape index (κ3) is 2.12. The van der Waals surface area contributed by atoms with Crippen molar-refractivity contribution < 1.29 is 4.39 Å². The molecule has 1 heterocycles. The van der Waals surface area contributed by atoms with Crippen molar-refractivity contribution in [3.63, 3.8) is 0 Å². The maximum atomic E-state index is 13.3. The highest BCUT2D eigenvalue weighted by molar-refractivity contribution is 9.10. The normalized spacial score (nSPS) is 15.4. The molecule has 1 aromatic rings. The SMILES string of the molecule is Fc1ccc(Br)cc1NC1=NCCC1. The van der Waals surface area contributed by atoms with Gasteiger partial charge in [-0.1, -0.05) is 15.9 Å². The molecule has 0 bridgehead atoms. The van der Waals surface area contributed by atoms with Gasteiger partial charge < -0.3 is 5.32 Å². The minimum atomic E-state index is -0.247. The summed E-state index contributed by atoms with van der Waals surface area (Å²) in [6.45, 7) is 0.845. The first kappa shape index (κ1) is 9.65. The van der Waals surface area contributed by atoms with Crippen LogP contribution in [-0.2, 0) is 0 Å². The molecule has 1 aromatic carbocycles. The summed E-state index contributed by atoms with van der Waals surface area (Å²) in [4.78, 5) is 4.23. The maximum absolute atomic E-state index is 13.3. The molecule has 0 atom stereocenters. The number of nitrogens with one attached hydrogen (secondary N) is 1. The molecule has 0 unspecified atom stereocenters. The summed E-state index contributed by atoms with van der Waals surface area (Å²) in [6.07, 6.45) is 1.96. The van der Waals surface area contributed by atoms with E-state index in [2.05, 4.69) is 26.2 Å². The van der Waals surface area contributed by atoms with Crippen molar-refractivity contribution in [2.24, 2.45) is 4.99 Å².